The Morgan fingerprint density at radius 1 is 1.25 bits per heavy atom. The number of benzene rings is 2. The van der Waals surface area contributed by atoms with Gasteiger partial charge in [0, 0.05) is 17.4 Å². The van der Waals surface area contributed by atoms with Crippen molar-refractivity contribution in [1.82, 2.24) is 4.98 Å². The number of rotatable bonds is 3. The Morgan fingerprint density at radius 2 is 2.00 bits per heavy atom. The molecule has 4 rings (SSSR count). The van der Waals surface area contributed by atoms with Crippen LogP contribution in [-0.4, -0.2) is 22.2 Å². The maximum Gasteiger partial charge on any atom is 0.339 e. The van der Waals surface area contributed by atoms with E-state index in [-0.39, 0.29) is 11.3 Å². The number of nitriles is 1. The van der Waals surface area contributed by atoms with Crippen LogP contribution in [0.25, 0.3) is 16.8 Å². The molecule has 0 spiro atoms. The summed E-state index contributed by atoms with van der Waals surface area (Å²) in [6, 6.07) is 17.0. The number of aliphatic hydroxyl groups is 1. The third kappa shape index (κ3) is 3.28. The van der Waals surface area contributed by atoms with E-state index in [2.05, 4.69) is 4.98 Å². The number of carbonyl (C=O) groups excluding carboxylic acids is 1. The number of esters is 1. The quantitative estimate of drug-likeness (QED) is 0.400. The summed E-state index contributed by atoms with van der Waals surface area (Å²) in [5.41, 5.74) is 4.11. The predicted octanol–water partition coefficient (Wildman–Crippen LogP) is 4.69. The molecule has 0 radical (unpaired) electrons. The van der Waals surface area contributed by atoms with Gasteiger partial charge < -0.3 is 9.84 Å². The van der Waals surface area contributed by atoms with E-state index in [4.69, 9.17) is 4.74 Å². The molecule has 2 heterocycles. The van der Waals surface area contributed by atoms with Crippen LogP contribution in [0.5, 0.6) is 0 Å². The van der Waals surface area contributed by atoms with E-state index in [1.54, 1.807) is 12.1 Å². The molecule has 28 heavy (non-hydrogen) atoms. The lowest BCUT2D eigenvalue weighted by Crippen LogP contribution is -2.29. The van der Waals surface area contributed by atoms with Crippen LogP contribution < -0.4 is 0 Å². The number of allylic oxidation sites excluding steroid dienone is 1. The van der Waals surface area contributed by atoms with E-state index in [1.807, 2.05) is 54.8 Å². The first-order chi connectivity index (χ1) is 13.6. The fraction of sp³-hybridized carbons (Fsp3) is 0.136. The first kappa shape index (κ1) is 18.0. The van der Waals surface area contributed by atoms with Gasteiger partial charge >= 0.3 is 5.97 Å². The highest BCUT2D eigenvalue weighted by atomic mass is 32.1. The standard InChI is InChI=1S/C22H16N2O3S/c1-13-6-8-14(9-7-13)18-12-28-21(24-18)17(11-23)20(25)19-10-15-4-2-3-5-16(15)22(26)27-19/h2-9,12,19,25H,10H2,1H3. The Hall–Kier alpha value is -3.43. The normalized spacial score (nSPS) is 16.6. The number of aromatic nitrogens is 1. The van der Waals surface area contributed by atoms with Crippen molar-refractivity contribution in [1.29, 1.82) is 5.26 Å². The SMILES string of the molecule is Cc1ccc(-c2csc(C(C#N)=C(O)C3Cc4ccccc4C(=O)O3)n2)cc1. The molecule has 1 aliphatic heterocycles. The molecule has 1 unspecified atom stereocenters. The first-order valence-corrected chi connectivity index (χ1v) is 9.60. The van der Waals surface area contributed by atoms with Gasteiger partial charge in [-0.15, -0.1) is 11.3 Å². The van der Waals surface area contributed by atoms with Gasteiger partial charge in [-0.05, 0) is 18.6 Å². The molecule has 0 bridgehead atoms. The highest BCUT2D eigenvalue weighted by Crippen LogP contribution is 2.31. The van der Waals surface area contributed by atoms with Crippen LogP contribution in [0.4, 0.5) is 0 Å². The number of hydrogen-bond acceptors (Lipinski definition) is 6. The lowest BCUT2D eigenvalue weighted by molar-refractivity contribution is 0.0251. The molecule has 138 valence electrons. The highest BCUT2D eigenvalue weighted by Gasteiger charge is 2.31. The summed E-state index contributed by atoms with van der Waals surface area (Å²) in [5.74, 6) is -0.773. The molecule has 1 N–H and O–H groups in total. The predicted molar refractivity (Wildman–Crippen MR) is 107 cm³/mol. The average molecular weight is 388 g/mol. The molecule has 1 atom stereocenters. The van der Waals surface area contributed by atoms with E-state index in [0.717, 1.165) is 22.4 Å². The van der Waals surface area contributed by atoms with Gasteiger partial charge in [0.1, 0.15) is 16.6 Å². The molecule has 6 heteroatoms. The molecule has 0 saturated carbocycles. The van der Waals surface area contributed by atoms with Crippen molar-refractivity contribution in [3.8, 4) is 17.3 Å². The summed E-state index contributed by atoms with van der Waals surface area (Å²) < 4.78 is 5.36. The van der Waals surface area contributed by atoms with Crippen LogP contribution >= 0.6 is 11.3 Å². The van der Waals surface area contributed by atoms with Crippen LogP contribution in [0.3, 0.4) is 0 Å². The van der Waals surface area contributed by atoms with Crippen LogP contribution in [-0.2, 0) is 11.2 Å². The van der Waals surface area contributed by atoms with Crippen molar-refractivity contribution < 1.29 is 14.6 Å². The molecule has 0 fully saturated rings. The average Bonchev–Trinajstić information content (AvgIpc) is 3.19. The smallest absolute Gasteiger partial charge is 0.339 e. The number of ether oxygens (including phenoxy) is 1. The Kier molecular flexibility index (Phi) is 4.68. The Bertz CT molecular complexity index is 1120. The third-order valence-corrected chi connectivity index (χ3v) is 5.49. The number of hydrogen-bond donors (Lipinski definition) is 1. The van der Waals surface area contributed by atoms with E-state index < -0.39 is 12.1 Å². The molecule has 0 amide bonds. The van der Waals surface area contributed by atoms with E-state index in [9.17, 15) is 15.2 Å². The van der Waals surface area contributed by atoms with Crippen molar-refractivity contribution in [2.45, 2.75) is 19.4 Å². The van der Waals surface area contributed by atoms with Gasteiger partial charge in [-0.3, -0.25) is 0 Å². The van der Waals surface area contributed by atoms with Gasteiger partial charge in [0.15, 0.2) is 11.9 Å². The van der Waals surface area contributed by atoms with Crippen LogP contribution in [0, 0.1) is 18.3 Å². The number of aliphatic hydroxyl groups excluding tert-OH is 1. The minimum absolute atomic E-state index is 0.0283. The van der Waals surface area contributed by atoms with Gasteiger partial charge in [-0.25, -0.2) is 9.78 Å². The number of aryl methyl sites for hydroxylation is 1. The zero-order chi connectivity index (χ0) is 19.7. The lowest BCUT2D eigenvalue weighted by Gasteiger charge is -2.24. The molecule has 0 aliphatic carbocycles. The largest absolute Gasteiger partial charge is 0.507 e. The second kappa shape index (κ2) is 7.29. The zero-order valence-corrected chi connectivity index (χ0v) is 15.9. The molecular weight excluding hydrogens is 372 g/mol. The van der Waals surface area contributed by atoms with Crippen LogP contribution in [0.2, 0.25) is 0 Å². The first-order valence-electron chi connectivity index (χ1n) is 8.72. The lowest BCUT2D eigenvalue weighted by atomic mass is 9.96. The van der Waals surface area contributed by atoms with Gasteiger partial charge in [-0.2, -0.15) is 5.26 Å². The van der Waals surface area contributed by atoms with E-state index >= 15 is 0 Å². The number of fused-ring (bicyclic) bond motifs is 1. The summed E-state index contributed by atoms with van der Waals surface area (Å²) >= 11 is 1.27. The Balaban J connectivity index is 1.67. The number of nitrogens with zero attached hydrogens (tertiary/aromatic N) is 2. The van der Waals surface area contributed by atoms with Crippen molar-refractivity contribution in [3.63, 3.8) is 0 Å². The fourth-order valence-electron chi connectivity index (χ4n) is 3.11. The van der Waals surface area contributed by atoms with Crippen molar-refractivity contribution in [3.05, 3.63) is 81.4 Å². The molecule has 1 aromatic heterocycles. The zero-order valence-electron chi connectivity index (χ0n) is 15.0. The maximum atomic E-state index is 12.2. The Morgan fingerprint density at radius 3 is 2.75 bits per heavy atom. The summed E-state index contributed by atoms with van der Waals surface area (Å²) in [6.45, 7) is 2.01. The Labute approximate surface area is 166 Å². The number of cyclic esters (lactones) is 1. The summed E-state index contributed by atoms with van der Waals surface area (Å²) in [6.07, 6.45) is -0.585. The van der Waals surface area contributed by atoms with Crippen LogP contribution in [0.1, 0.15) is 26.5 Å². The summed E-state index contributed by atoms with van der Waals surface area (Å²) in [4.78, 5) is 16.7. The van der Waals surface area contributed by atoms with Gasteiger partial charge in [0.25, 0.3) is 0 Å². The summed E-state index contributed by atoms with van der Waals surface area (Å²) in [5, 5.41) is 22.5. The third-order valence-electron chi connectivity index (χ3n) is 4.63. The number of thiazole rings is 1. The minimum atomic E-state index is -0.899. The molecule has 2 aromatic carbocycles. The van der Waals surface area contributed by atoms with Crippen molar-refractivity contribution in [2.75, 3.05) is 0 Å². The number of carbonyl (C=O) groups is 1. The van der Waals surface area contributed by atoms with Crippen molar-refractivity contribution >= 4 is 22.9 Å². The van der Waals surface area contributed by atoms with Crippen molar-refractivity contribution in [2.24, 2.45) is 0 Å². The molecule has 0 saturated heterocycles. The monoisotopic (exact) mass is 388 g/mol. The summed E-state index contributed by atoms with van der Waals surface area (Å²) in [7, 11) is 0. The molecule has 3 aromatic rings. The second-order valence-corrected chi connectivity index (χ2v) is 7.39. The van der Waals surface area contributed by atoms with Gasteiger partial charge in [-0.1, -0.05) is 48.0 Å². The van der Waals surface area contributed by atoms with E-state index in [0.29, 0.717) is 17.0 Å². The topological polar surface area (TPSA) is 83.2 Å². The van der Waals surface area contributed by atoms with Crippen LogP contribution in [0.15, 0.2) is 59.7 Å². The second-order valence-electron chi connectivity index (χ2n) is 6.53. The molecule has 5 nitrogen and oxygen atoms in total. The van der Waals surface area contributed by atoms with Gasteiger partial charge in [0.05, 0.1) is 11.3 Å². The van der Waals surface area contributed by atoms with E-state index in [1.165, 1.54) is 11.3 Å². The van der Waals surface area contributed by atoms with Gasteiger partial charge in [0.2, 0.25) is 0 Å². The minimum Gasteiger partial charge on any atom is -0.507 e. The molecule has 1 aliphatic rings. The fourth-order valence-corrected chi connectivity index (χ4v) is 3.94. The molecular formula is C22H16N2O3S. The highest BCUT2D eigenvalue weighted by molar-refractivity contribution is 7.11. The maximum absolute atomic E-state index is 12.2.